The van der Waals surface area contributed by atoms with Gasteiger partial charge in [0, 0.05) is 31.6 Å². The molecule has 7 nitrogen and oxygen atoms in total. The quantitative estimate of drug-likeness (QED) is 0.243. The van der Waals surface area contributed by atoms with Gasteiger partial charge in [-0.25, -0.2) is 8.42 Å². The Labute approximate surface area is 246 Å². The molecule has 0 aliphatic rings. The molecule has 0 radical (unpaired) electrons. The minimum Gasteiger partial charge on any atom is -0.354 e. The SMILES string of the molecule is CCCNC(=O)C(Cc1ccccc1)N(Cc1ccccc1Cl)C(=O)CN(C)S(=O)(=O)c1ccc2ccccc2c1. The van der Waals surface area contributed by atoms with Gasteiger partial charge < -0.3 is 10.2 Å². The lowest BCUT2D eigenvalue weighted by molar-refractivity contribution is -0.141. The lowest BCUT2D eigenvalue weighted by Crippen LogP contribution is -2.53. The zero-order valence-electron chi connectivity index (χ0n) is 23.2. The van der Waals surface area contributed by atoms with E-state index < -0.39 is 28.5 Å². The van der Waals surface area contributed by atoms with Crippen molar-refractivity contribution in [2.45, 2.75) is 37.2 Å². The minimum atomic E-state index is -4.00. The molecular formula is C32H34ClN3O4S. The highest BCUT2D eigenvalue weighted by molar-refractivity contribution is 7.89. The number of nitrogens with zero attached hydrogens (tertiary/aromatic N) is 2. The smallest absolute Gasteiger partial charge is 0.243 e. The first-order chi connectivity index (χ1) is 19.7. The van der Waals surface area contributed by atoms with Crippen LogP contribution in [0.5, 0.6) is 0 Å². The van der Waals surface area contributed by atoms with Gasteiger partial charge in [0.25, 0.3) is 0 Å². The zero-order valence-corrected chi connectivity index (χ0v) is 24.7. The Hall–Kier alpha value is -3.72. The fraction of sp³-hybridized carbons (Fsp3) is 0.250. The molecule has 4 aromatic carbocycles. The second-order valence-electron chi connectivity index (χ2n) is 9.88. The number of carbonyl (C=O) groups is 2. The van der Waals surface area contributed by atoms with Crippen LogP contribution in [0.15, 0.2) is 102 Å². The van der Waals surface area contributed by atoms with Gasteiger partial charge in [0.05, 0.1) is 11.4 Å². The van der Waals surface area contributed by atoms with Crippen molar-refractivity contribution in [3.63, 3.8) is 0 Å². The van der Waals surface area contributed by atoms with Gasteiger partial charge in [-0.3, -0.25) is 9.59 Å². The van der Waals surface area contributed by atoms with Gasteiger partial charge in [0.15, 0.2) is 0 Å². The normalized spacial score (nSPS) is 12.3. The highest BCUT2D eigenvalue weighted by atomic mass is 35.5. The van der Waals surface area contributed by atoms with Crippen LogP contribution in [-0.2, 0) is 32.6 Å². The van der Waals surface area contributed by atoms with Gasteiger partial charge in [0.2, 0.25) is 21.8 Å². The standard InChI is InChI=1S/C32H34ClN3O4S/c1-3-19-34-32(38)30(20-24-11-5-4-6-12-24)36(22-27-15-9-10-16-29(27)33)31(37)23-35(2)41(39,40)28-18-17-25-13-7-8-14-26(25)21-28/h4-18,21,30H,3,19-20,22-23H2,1-2H3,(H,34,38). The molecule has 41 heavy (non-hydrogen) atoms. The third-order valence-corrected chi connectivity index (χ3v) is 9.07. The van der Waals surface area contributed by atoms with E-state index in [1.54, 1.807) is 30.3 Å². The van der Waals surface area contributed by atoms with Gasteiger partial charge in [0.1, 0.15) is 6.04 Å². The molecule has 0 saturated carbocycles. The number of carbonyl (C=O) groups excluding carboxylic acids is 2. The van der Waals surface area contributed by atoms with E-state index in [-0.39, 0.29) is 23.8 Å². The summed E-state index contributed by atoms with van der Waals surface area (Å²) in [7, 11) is -2.63. The second-order valence-corrected chi connectivity index (χ2v) is 12.3. The third kappa shape index (κ3) is 7.52. The van der Waals surface area contributed by atoms with E-state index in [1.807, 2.05) is 67.6 Å². The van der Waals surface area contributed by atoms with Crippen LogP contribution in [0.3, 0.4) is 0 Å². The van der Waals surface area contributed by atoms with Crippen LogP contribution in [0.2, 0.25) is 5.02 Å². The van der Waals surface area contributed by atoms with Gasteiger partial charge >= 0.3 is 0 Å². The van der Waals surface area contributed by atoms with Crippen molar-refractivity contribution in [1.29, 1.82) is 0 Å². The topological polar surface area (TPSA) is 86.8 Å². The molecule has 0 bridgehead atoms. The maximum Gasteiger partial charge on any atom is 0.243 e. The highest BCUT2D eigenvalue weighted by Crippen LogP contribution is 2.23. The Balaban J connectivity index is 1.67. The number of rotatable bonds is 12. The van der Waals surface area contributed by atoms with Crippen molar-refractivity contribution >= 4 is 44.2 Å². The molecule has 1 N–H and O–H groups in total. The summed E-state index contributed by atoms with van der Waals surface area (Å²) in [5.41, 5.74) is 1.53. The van der Waals surface area contributed by atoms with E-state index in [4.69, 9.17) is 11.6 Å². The molecule has 0 fully saturated rings. The maximum atomic E-state index is 14.0. The summed E-state index contributed by atoms with van der Waals surface area (Å²) in [5, 5.41) is 5.07. The summed E-state index contributed by atoms with van der Waals surface area (Å²) in [6.45, 7) is 1.99. The van der Waals surface area contributed by atoms with E-state index in [0.29, 0.717) is 17.1 Å². The Morgan fingerprint density at radius 1 is 0.878 bits per heavy atom. The molecule has 0 heterocycles. The van der Waals surface area contributed by atoms with Crippen molar-refractivity contribution in [1.82, 2.24) is 14.5 Å². The van der Waals surface area contributed by atoms with Crippen LogP contribution in [0.25, 0.3) is 10.8 Å². The number of hydrogen-bond donors (Lipinski definition) is 1. The molecule has 2 amide bonds. The van der Waals surface area contributed by atoms with E-state index in [2.05, 4.69) is 5.32 Å². The van der Waals surface area contributed by atoms with Crippen molar-refractivity contribution in [2.75, 3.05) is 20.1 Å². The first-order valence-corrected chi connectivity index (χ1v) is 15.3. The average Bonchev–Trinajstić information content (AvgIpc) is 2.98. The molecule has 1 unspecified atom stereocenters. The van der Waals surface area contributed by atoms with Gasteiger partial charge in [-0.2, -0.15) is 4.31 Å². The van der Waals surface area contributed by atoms with Crippen LogP contribution >= 0.6 is 11.6 Å². The fourth-order valence-electron chi connectivity index (χ4n) is 4.60. The molecule has 0 spiro atoms. The highest BCUT2D eigenvalue weighted by Gasteiger charge is 2.33. The summed E-state index contributed by atoms with van der Waals surface area (Å²) in [4.78, 5) is 29.0. The number of sulfonamides is 1. The van der Waals surface area contributed by atoms with E-state index in [0.717, 1.165) is 27.1 Å². The number of halogens is 1. The van der Waals surface area contributed by atoms with Crippen LogP contribution < -0.4 is 5.32 Å². The first-order valence-electron chi connectivity index (χ1n) is 13.5. The third-order valence-electron chi connectivity index (χ3n) is 6.91. The predicted molar refractivity (Wildman–Crippen MR) is 163 cm³/mol. The van der Waals surface area contributed by atoms with Crippen LogP contribution in [0.4, 0.5) is 0 Å². The minimum absolute atomic E-state index is 0.0411. The average molecular weight is 592 g/mol. The Morgan fingerprint density at radius 3 is 2.24 bits per heavy atom. The maximum absolute atomic E-state index is 14.0. The summed E-state index contributed by atoms with van der Waals surface area (Å²) in [6, 6.07) is 28.0. The summed E-state index contributed by atoms with van der Waals surface area (Å²) in [5.74, 6) is -0.819. The number of benzene rings is 4. The first kappa shape index (κ1) is 30.2. The Kier molecular flexibility index (Phi) is 10.2. The molecule has 4 rings (SSSR count). The van der Waals surface area contributed by atoms with Crippen molar-refractivity contribution < 1.29 is 18.0 Å². The van der Waals surface area contributed by atoms with Gasteiger partial charge in [-0.15, -0.1) is 0 Å². The number of nitrogens with one attached hydrogen (secondary N) is 1. The van der Waals surface area contributed by atoms with E-state index in [9.17, 15) is 18.0 Å². The number of amides is 2. The lowest BCUT2D eigenvalue weighted by Gasteiger charge is -2.33. The van der Waals surface area contributed by atoms with Crippen molar-refractivity contribution in [3.8, 4) is 0 Å². The van der Waals surface area contributed by atoms with Gasteiger partial charge in [-0.05, 0) is 46.5 Å². The molecule has 4 aromatic rings. The lowest BCUT2D eigenvalue weighted by atomic mass is 10.0. The fourth-order valence-corrected chi connectivity index (χ4v) is 5.96. The molecule has 0 saturated heterocycles. The Morgan fingerprint density at radius 2 is 1.54 bits per heavy atom. The molecule has 1 atom stereocenters. The van der Waals surface area contributed by atoms with E-state index in [1.165, 1.54) is 18.0 Å². The molecular weight excluding hydrogens is 558 g/mol. The molecule has 0 aliphatic carbocycles. The summed E-state index contributed by atoms with van der Waals surface area (Å²) < 4.78 is 28.1. The second kappa shape index (κ2) is 13.8. The zero-order chi connectivity index (χ0) is 29.4. The summed E-state index contributed by atoms with van der Waals surface area (Å²) in [6.07, 6.45) is 0.989. The molecule has 0 aromatic heterocycles. The van der Waals surface area contributed by atoms with Gasteiger partial charge in [-0.1, -0.05) is 97.4 Å². The number of fused-ring (bicyclic) bond motifs is 1. The molecule has 9 heteroatoms. The van der Waals surface area contributed by atoms with Crippen molar-refractivity contribution in [3.05, 3.63) is 113 Å². The number of likely N-dealkylation sites (N-methyl/N-ethyl adjacent to an activating group) is 1. The van der Waals surface area contributed by atoms with Crippen LogP contribution in [-0.4, -0.2) is 55.6 Å². The molecule has 0 aliphatic heterocycles. The largest absolute Gasteiger partial charge is 0.354 e. The summed E-state index contributed by atoms with van der Waals surface area (Å²) >= 11 is 6.46. The Bertz CT molecular complexity index is 1610. The predicted octanol–water partition coefficient (Wildman–Crippen LogP) is 5.28. The van der Waals surface area contributed by atoms with E-state index >= 15 is 0 Å². The number of hydrogen-bond acceptors (Lipinski definition) is 4. The van der Waals surface area contributed by atoms with Crippen molar-refractivity contribution in [2.24, 2.45) is 0 Å². The monoisotopic (exact) mass is 591 g/mol. The molecule has 214 valence electrons. The van der Waals surface area contributed by atoms with Crippen LogP contribution in [0, 0.1) is 0 Å². The van der Waals surface area contributed by atoms with Crippen LogP contribution in [0.1, 0.15) is 24.5 Å².